The van der Waals surface area contributed by atoms with Crippen molar-refractivity contribution in [1.82, 2.24) is 25.0 Å². The number of aromatic amines is 1. The van der Waals surface area contributed by atoms with Crippen LogP contribution < -0.4 is 5.56 Å². The van der Waals surface area contributed by atoms with Gasteiger partial charge in [-0.05, 0) is 11.1 Å². The summed E-state index contributed by atoms with van der Waals surface area (Å²) in [6.07, 6.45) is 1.28. The van der Waals surface area contributed by atoms with Crippen molar-refractivity contribution < 1.29 is 5.11 Å². The summed E-state index contributed by atoms with van der Waals surface area (Å²) in [5, 5.41) is 18.2. The number of nitrogens with one attached hydrogen (secondary N) is 1. The zero-order valence-electron chi connectivity index (χ0n) is 10.4. The van der Waals surface area contributed by atoms with Gasteiger partial charge in [0.1, 0.15) is 6.04 Å². The molecule has 1 aliphatic rings. The van der Waals surface area contributed by atoms with Crippen molar-refractivity contribution in [2.75, 3.05) is 0 Å². The molecule has 4 rings (SSSR count). The Labute approximate surface area is 112 Å². The quantitative estimate of drug-likeness (QED) is 0.649. The number of aromatic nitrogens is 5. The predicted molar refractivity (Wildman–Crippen MR) is 70.2 cm³/mol. The highest BCUT2D eigenvalue weighted by Crippen LogP contribution is 2.34. The van der Waals surface area contributed by atoms with Gasteiger partial charge in [-0.2, -0.15) is 0 Å². The third-order valence-corrected chi connectivity index (χ3v) is 3.70. The van der Waals surface area contributed by atoms with Crippen LogP contribution in [-0.2, 0) is 6.42 Å². The number of benzene rings is 1. The maximum atomic E-state index is 11.7. The molecule has 20 heavy (non-hydrogen) atoms. The molecule has 2 heterocycles. The summed E-state index contributed by atoms with van der Waals surface area (Å²) in [7, 11) is 0. The number of fused-ring (bicyclic) bond motifs is 2. The van der Waals surface area contributed by atoms with Gasteiger partial charge in [0.15, 0.2) is 11.2 Å². The number of aliphatic hydroxyl groups excluding tert-OH is 1. The minimum atomic E-state index is -0.599. The maximum Gasteiger partial charge on any atom is 0.280 e. The van der Waals surface area contributed by atoms with E-state index < -0.39 is 6.10 Å². The van der Waals surface area contributed by atoms with E-state index in [0.29, 0.717) is 12.1 Å². The standard InChI is InChI=1S/C13H11N5O2/c19-9-5-7-3-1-2-4-8(7)11(9)18-12-10(16-17-18)13(20)15-6-14-12/h1-4,6,9,11,19H,5H2,(H,14,15,20)/t9-,11+/m1/s1. The molecule has 2 atom stereocenters. The molecule has 0 radical (unpaired) electrons. The van der Waals surface area contributed by atoms with Crippen molar-refractivity contribution in [2.24, 2.45) is 0 Å². The topological polar surface area (TPSA) is 96.7 Å². The highest BCUT2D eigenvalue weighted by atomic mass is 16.3. The monoisotopic (exact) mass is 269 g/mol. The van der Waals surface area contributed by atoms with E-state index in [-0.39, 0.29) is 17.1 Å². The Bertz CT molecular complexity index is 853. The van der Waals surface area contributed by atoms with Gasteiger partial charge in [0.2, 0.25) is 0 Å². The Hall–Kier alpha value is -2.54. The van der Waals surface area contributed by atoms with E-state index >= 15 is 0 Å². The summed E-state index contributed by atoms with van der Waals surface area (Å²) >= 11 is 0. The lowest BCUT2D eigenvalue weighted by Gasteiger charge is -2.15. The van der Waals surface area contributed by atoms with Crippen molar-refractivity contribution in [3.63, 3.8) is 0 Å². The normalized spacial score (nSPS) is 21.2. The number of hydrogen-bond donors (Lipinski definition) is 2. The molecule has 3 aromatic rings. The molecule has 0 spiro atoms. The summed E-state index contributed by atoms with van der Waals surface area (Å²) in [6.45, 7) is 0. The van der Waals surface area contributed by atoms with Gasteiger partial charge < -0.3 is 10.1 Å². The smallest absolute Gasteiger partial charge is 0.280 e. The largest absolute Gasteiger partial charge is 0.390 e. The lowest BCUT2D eigenvalue weighted by molar-refractivity contribution is 0.139. The summed E-state index contributed by atoms with van der Waals surface area (Å²) in [5.74, 6) is 0. The fraction of sp³-hybridized carbons (Fsp3) is 0.231. The highest BCUT2D eigenvalue weighted by molar-refractivity contribution is 5.68. The highest BCUT2D eigenvalue weighted by Gasteiger charge is 2.34. The van der Waals surface area contributed by atoms with Crippen LogP contribution in [0.4, 0.5) is 0 Å². The predicted octanol–water partition coefficient (Wildman–Crippen LogP) is 0.0210. The first-order valence-corrected chi connectivity index (χ1v) is 6.30. The van der Waals surface area contributed by atoms with E-state index in [1.54, 1.807) is 0 Å². The van der Waals surface area contributed by atoms with Gasteiger partial charge in [0.25, 0.3) is 5.56 Å². The minimum Gasteiger partial charge on any atom is -0.390 e. The van der Waals surface area contributed by atoms with Crippen LogP contribution in [0.15, 0.2) is 35.4 Å². The zero-order chi connectivity index (χ0) is 13.7. The van der Waals surface area contributed by atoms with Crippen LogP contribution in [0.5, 0.6) is 0 Å². The molecule has 0 amide bonds. The number of nitrogens with zero attached hydrogens (tertiary/aromatic N) is 4. The van der Waals surface area contributed by atoms with Crippen LogP contribution in [0.3, 0.4) is 0 Å². The summed E-state index contributed by atoms with van der Waals surface area (Å²) in [6, 6.07) is 7.44. The third-order valence-electron chi connectivity index (χ3n) is 3.70. The molecule has 1 aliphatic carbocycles. The van der Waals surface area contributed by atoms with Crippen LogP contribution in [-0.4, -0.2) is 36.2 Å². The number of hydrogen-bond acceptors (Lipinski definition) is 5. The molecule has 100 valence electrons. The van der Waals surface area contributed by atoms with E-state index in [9.17, 15) is 9.90 Å². The van der Waals surface area contributed by atoms with Gasteiger partial charge in [0, 0.05) is 6.42 Å². The van der Waals surface area contributed by atoms with Gasteiger partial charge in [-0.3, -0.25) is 4.79 Å². The minimum absolute atomic E-state index is 0.184. The third kappa shape index (κ3) is 1.44. The molecule has 0 unspecified atom stereocenters. The Morgan fingerprint density at radius 3 is 3.10 bits per heavy atom. The van der Waals surface area contributed by atoms with Gasteiger partial charge in [0.05, 0.1) is 12.4 Å². The molecule has 0 bridgehead atoms. The van der Waals surface area contributed by atoms with Gasteiger partial charge >= 0.3 is 0 Å². The molecular weight excluding hydrogens is 258 g/mol. The average molecular weight is 269 g/mol. The van der Waals surface area contributed by atoms with Crippen molar-refractivity contribution >= 4 is 11.2 Å². The second kappa shape index (κ2) is 3.97. The number of H-pyrrole nitrogens is 1. The Balaban J connectivity index is 1.96. The molecule has 0 saturated carbocycles. The van der Waals surface area contributed by atoms with E-state index in [1.807, 2.05) is 24.3 Å². The average Bonchev–Trinajstić information content (AvgIpc) is 2.99. The van der Waals surface area contributed by atoms with Gasteiger partial charge in [-0.15, -0.1) is 5.10 Å². The summed E-state index contributed by atoms with van der Waals surface area (Å²) in [4.78, 5) is 18.2. The van der Waals surface area contributed by atoms with Crippen LogP contribution in [0.25, 0.3) is 11.2 Å². The fourth-order valence-electron chi connectivity index (χ4n) is 2.81. The van der Waals surface area contributed by atoms with Crippen molar-refractivity contribution in [3.05, 3.63) is 52.1 Å². The molecule has 2 N–H and O–H groups in total. The second-order valence-electron chi connectivity index (χ2n) is 4.85. The van der Waals surface area contributed by atoms with Crippen LogP contribution in [0.2, 0.25) is 0 Å². The molecular formula is C13H11N5O2. The zero-order valence-corrected chi connectivity index (χ0v) is 10.4. The Kier molecular flexibility index (Phi) is 2.25. The molecule has 0 saturated heterocycles. The van der Waals surface area contributed by atoms with Crippen molar-refractivity contribution in [3.8, 4) is 0 Å². The Morgan fingerprint density at radius 1 is 1.35 bits per heavy atom. The molecule has 7 heteroatoms. The fourth-order valence-corrected chi connectivity index (χ4v) is 2.81. The Morgan fingerprint density at radius 2 is 2.20 bits per heavy atom. The van der Waals surface area contributed by atoms with Gasteiger partial charge in [-0.1, -0.05) is 29.5 Å². The van der Waals surface area contributed by atoms with Gasteiger partial charge in [-0.25, -0.2) is 9.67 Å². The molecule has 2 aromatic heterocycles. The van der Waals surface area contributed by atoms with Crippen molar-refractivity contribution in [2.45, 2.75) is 18.6 Å². The first-order chi connectivity index (χ1) is 9.75. The van der Waals surface area contributed by atoms with E-state index in [4.69, 9.17) is 0 Å². The first kappa shape index (κ1) is 11.3. The first-order valence-electron chi connectivity index (χ1n) is 6.30. The number of aliphatic hydroxyl groups is 1. The van der Waals surface area contributed by atoms with Crippen LogP contribution in [0, 0.1) is 0 Å². The van der Waals surface area contributed by atoms with Crippen molar-refractivity contribution in [1.29, 1.82) is 0 Å². The SMILES string of the molecule is O=c1[nH]cnc2c1nnn2[C@H]1c2ccccc2C[C@H]1O. The van der Waals surface area contributed by atoms with E-state index in [0.717, 1.165) is 11.1 Å². The maximum absolute atomic E-state index is 11.7. The molecule has 1 aromatic carbocycles. The van der Waals surface area contributed by atoms with E-state index in [1.165, 1.54) is 11.0 Å². The van der Waals surface area contributed by atoms with Crippen LogP contribution in [0.1, 0.15) is 17.2 Å². The second-order valence-corrected chi connectivity index (χ2v) is 4.85. The lowest BCUT2D eigenvalue weighted by atomic mass is 10.1. The lowest BCUT2D eigenvalue weighted by Crippen LogP contribution is -2.22. The number of rotatable bonds is 1. The van der Waals surface area contributed by atoms with E-state index in [2.05, 4.69) is 20.3 Å². The summed E-state index contributed by atoms with van der Waals surface area (Å²) in [5.41, 5.74) is 2.31. The molecule has 0 fully saturated rings. The summed E-state index contributed by atoms with van der Waals surface area (Å²) < 4.78 is 1.53. The molecule has 0 aliphatic heterocycles. The molecule has 7 nitrogen and oxygen atoms in total. The van der Waals surface area contributed by atoms with Crippen LogP contribution >= 0.6 is 0 Å².